The van der Waals surface area contributed by atoms with E-state index in [0.717, 1.165) is 11.4 Å². The summed E-state index contributed by atoms with van der Waals surface area (Å²) in [5.74, 6) is 0.482. The fourth-order valence-corrected chi connectivity index (χ4v) is 5.06. The van der Waals surface area contributed by atoms with E-state index in [1.165, 1.54) is 33.3 Å². The molecule has 1 heterocycles. The summed E-state index contributed by atoms with van der Waals surface area (Å²) in [4.78, 5) is 3.66. The molecule has 0 unspecified atom stereocenters. The van der Waals surface area contributed by atoms with Crippen molar-refractivity contribution in [3.63, 3.8) is 0 Å². The molecule has 5 rings (SSSR count). The van der Waals surface area contributed by atoms with Crippen LogP contribution in [0.5, 0.6) is 0 Å². The van der Waals surface area contributed by atoms with Crippen LogP contribution in [0, 0.1) is 5.92 Å². The van der Waals surface area contributed by atoms with Crippen molar-refractivity contribution in [2.75, 3.05) is 6.61 Å². The highest BCUT2D eigenvalue weighted by molar-refractivity contribution is 6.30. The number of nitrogens with one attached hydrogen (secondary N) is 1. The number of hydrogen-bond donors (Lipinski definition) is 2. The van der Waals surface area contributed by atoms with Crippen molar-refractivity contribution >= 4 is 22.5 Å². The third kappa shape index (κ3) is 2.85. The summed E-state index contributed by atoms with van der Waals surface area (Å²) in [6, 6.07) is 27.2. The zero-order valence-corrected chi connectivity index (χ0v) is 16.2. The van der Waals surface area contributed by atoms with Crippen LogP contribution in [0.15, 0.2) is 78.9 Å². The Labute approximate surface area is 169 Å². The van der Waals surface area contributed by atoms with Gasteiger partial charge in [0.05, 0.1) is 0 Å². The van der Waals surface area contributed by atoms with Gasteiger partial charge in [0.25, 0.3) is 0 Å². The number of fused-ring (bicyclic) bond motifs is 3. The third-order valence-electron chi connectivity index (χ3n) is 6.18. The number of aliphatic hydroxyl groups is 1. The Hall–Kier alpha value is -2.55. The van der Waals surface area contributed by atoms with Crippen molar-refractivity contribution in [3.8, 4) is 0 Å². The molecule has 1 aromatic heterocycles. The molecule has 0 bridgehead atoms. The van der Waals surface area contributed by atoms with Crippen molar-refractivity contribution in [2.45, 2.75) is 18.3 Å². The summed E-state index contributed by atoms with van der Waals surface area (Å²) in [5, 5.41) is 12.5. The SMILES string of the molecule is OC[C@H]1[C@@H](c2ccccc2)c2c([nH]c3ccccc23)C[C@@H]1c1ccc(Cl)cc1. The number of hydrogen-bond acceptors (Lipinski definition) is 1. The standard InChI is InChI=1S/C25H22ClNO/c26-18-12-10-16(11-13-18)20-14-23-25(19-8-4-5-9-22(19)27-23)24(21(20)15-28)17-6-2-1-3-7-17/h1-13,20-21,24,27-28H,14-15H2/t20-,21-,24-/m1/s1. The van der Waals surface area contributed by atoms with E-state index in [-0.39, 0.29) is 24.4 Å². The van der Waals surface area contributed by atoms with Crippen molar-refractivity contribution < 1.29 is 5.11 Å². The van der Waals surface area contributed by atoms with Crippen molar-refractivity contribution in [2.24, 2.45) is 5.92 Å². The van der Waals surface area contributed by atoms with E-state index in [0.29, 0.717) is 0 Å². The first kappa shape index (κ1) is 17.5. The molecule has 4 aromatic rings. The largest absolute Gasteiger partial charge is 0.396 e. The monoisotopic (exact) mass is 387 g/mol. The summed E-state index contributed by atoms with van der Waals surface area (Å²) in [5.41, 5.74) is 6.27. The van der Waals surface area contributed by atoms with E-state index in [1.807, 2.05) is 18.2 Å². The number of aliphatic hydroxyl groups excluding tert-OH is 1. The average Bonchev–Trinajstić information content (AvgIpc) is 3.12. The molecule has 0 amide bonds. The molecule has 0 radical (unpaired) electrons. The van der Waals surface area contributed by atoms with Crippen molar-refractivity contribution in [1.29, 1.82) is 0 Å². The molecule has 0 fully saturated rings. The second kappa shape index (κ2) is 7.12. The van der Waals surface area contributed by atoms with Crippen LogP contribution < -0.4 is 0 Å². The third-order valence-corrected chi connectivity index (χ3v) is 6.43. The minimum atomic E-state index is 0.107. The van der Waals surface area contributed by atoms with Gasteiger partial charge >= 0.3 is 0 Å². The predicted molar refractivity (Wildman–Crippen MR) is 115 cm³/mol. The van der Waals surface area contributed by atoms with E-state index in [4.69, 9.17) is 11.6 Å². The smallest absolute Gasteiger partial charge is 0.0474 e. The number of aromatic amines is 1. The molecule has 140 valence electrons. The summed E-state index contributed by atoms with van der Waals surface area (Å²) in [7, 11) is 0. The van der Waals surface area contributed by atoms with E-state index in [1.54, 1.807) is 0 Å². The lowest BCUT2D eigenvalue weighted by molar-refractivity contribution is 0.181. The van der Waals surface area contributed by atoms with Gasteiger partial charge in [0.15, 0.2) is 0 Å². The highest BCUT2D eigenvalue weighted by Crippen LogP contribution is 2.49. The van der Waals surface area contributed by atoms with Crippen LogP contribution in [0.2, 0.25) is 5.02 Å². The summed E-state index contributed by atoms with van der Waals surface area (Å²) in [6.45, 7) is 0.145. The summed E-state index contributed by atoms with van der Waals surface area (Å²) in [6.07, 6.45) is 0.889. The molecule has 1 aliphatic rings. The molecule has 2 nitrogen and oxygen atoms in total. The van der Waals surface area contributed by atoms with Crippen molar-refractivity contribution in [3.05, 3.63) is 106 Å². The number of benzene rings is 3. The first-order chi connectivity index (χ1) is 13.8. The molecular formula is C25H22ClNO. The van der Waals surface area contributed by atoms with Gasteiger partial charge in [0.1, 0.15) is 0 Å². The molecule has 3 aromatic carbocycles. The Morgan fingerprint density at radius 1 is 0.857 bits per heavy atom. The molecule has 28 heavy (non-hydrogen) atoms. The normalized spacial score (nSPS) is 21.6. The fourth-order valence-electron chi connectivity index (χ4n) is 4.94. The summed E-state index contributed by atoms with van der Waals surface area (Å²) >= 11 is 6.12. The number of halogens is 1. The molecule has 3 atom stereocenters. The number of para-hydroxylation sites is 1. The molecule has 0 saturated carbocycles. The zero-order chi connectivity index (χ0) is 19.1. The highest BCUT2D eigenvalue weighted by atomic mass is 35.5. The van der Waals surface area contributed by atoms with Crippen LogP contribution in [0.3, 0.4) is 0 Å². The van der Waals surface area contributed by atoms with Gasteiger partial charge in [-0.1, -0.05) is 72.3 Å². The number of H-pyrrole nitrogens is 1. The van der Waals surface area contributed by atoms with Crippen LogP contribution in [-0.4, -0.2) is 16.7 Å². The minimum Gasteiger partial charge on any atom is -0.396 e. The lowest BCUT2D eigenvalue weighted by Gasteiger charge is -2.38. The van der Waals surface area contributed by atoms with E-state index >= 15 is 0 Å². The lowest BCUT2D eigenvalue weighted by Crippen LogP contribution is -2.31. The molecule has 0 saturated heterocycles. The first-order valence-corrected chi connectivity index (χ1v) is 10.1. The topological polar surface area (TPSA) is 36.0 Å². The van der Waals surface area contributed by atoms with Crippen LogP contribution >= 0.6 is 11.6 Å². The van der Waals surface area contributed by atoms with E-state index < -0.39 is 0 Å². The Kier molecular flexibility index (Phi) is 4.46. The molecule has 0 spiro atoms. The first-order valence-electron chi connectivity index (χ1n) is 9.77. The van der Waals surface area contributed by atoms with E-state index in [9.17, 15) is 5.11 Å². The number of aromatic nitrogens is 1. The predicted octanol–water partition coefficient (Wildman–Crippen LogP) is 5.90. The van der Waals surface area contributed by atoms with Crippen LogP contribution in [-0.2, 0) is 6.42 Å². The van der Waals surface area contributed by atoms with Gasteiger partial charge in [0, 0.05) is 40.1 Å². The maximum Gasteiger partial charge on any atom is 0.0474 e. The minimum absolute atomic E-state index is 0.107. The fraction of sp³-hybridized carbons (Fsp3) is 0.200. The molecule has 3 heteroatoms. The number of rotatable bonds is 3. The molecule has 0 aliphatic heterocycles. The second-order valence-electron chi connectivity index (χ2n) is 7.66. The van der Waals surface area contributed by atoms with E-state index in [2.05, 4.69) is 65.6 Å². The second-order valence-corrected chi connectivity index (χ2v) is 8.10. The molecule has 2 N–H and O–H groups in total. The van der Waals surface area contributed by atoms with Crippen LogP contribution in [0.25, 0.3) is 10.9 Å². The highest BCUT2D eigenvalue weighted by Gasteiger charge is 2.39. The lowest BCUT2D eigenvalue weighted by atomic mass is 9.66. The summed E-state index contributed by atoms with van der Waals surface area (Å²) < 4.78 is 0. The van der Waals surface area contributed by atoms with Crippen molar-refractivity contribution in [1.82, 2.24) is 4.98 Å². The maximum atomic E-state index is 10.5. The molecule has 1 aliphatic carbocycles. The van der Waals surface area contributed by atoms with Gasteiger partial charge < -0.3 is 10.1 Å². The Bertz CT molecular complexity index is 1100. The quantitative estimate of drug-likeness (QED) is 0.451. The Balaban J connectivity index is 1.73. The Morgan fingerprint density at radius 3 is 2.32 bits per heavy atom. The average molecular weight is 388 g/mol. The van der Waals surface area contributed by atoms with Gasteiger partial charge in [-0.25, -0.2) is 0 Å². The van der Waals surface area contributed by atoms with Gasteiger partial charge in [-0.2, -0.15) is 0 Å². The van der Waals surface area contributed by atoms with Gasteiger partial charge in [-0.15, -0.1) is 0 Å². The maximum absolute atomic E-state index is 10.5. The van der Waals surface area contributed by atoms with Gasteiger partial charge in [-0.05, 0) is 47.2 Å². The van der Waals surface area contributed by atoms with Gasteiger partial charge in [0.2, 0.25) is 0 Å². The van der Waals surface area contributed by atoms with Crippen LogP contribution in [0.1, 0.15) is 34.2 Å². The zero-order valence-electron chi connectivity index (χ0n) is 15.5. The Morgan fingerprint density at radius 2 is 1.57 bits per heavy atom. The van der Waals surface area contributed by atoms with Gasteiger partial charge in [-0.3, -0.25) is 0 Å². The van der Waals surface area contributed by atoms with Crippen LogP contribution in [0.4, 0.5) is 0 Å². The molecular weight excluding hydrogens is 366 g/mol.